The highest BCUT2D eigenvalue weighted by atomic mass is 19.1. The molecule has 0 amide bonds. The van der Waals surface area contributed by atoms with Crippen LogP contribution in [0.5, 0.6) is 11.5 Å². The summed E-state index contributed by atoms with van der Waals surface area (Å²) < 4.78 is 24.4. The molecule has 2 unspecified atom stereocenters. The molecule has 0 fully saturated rings. The second-order valence-corrected chi connectivity index (χ2v) is 4.14. The molecule has 4 N–H and O–H groups in total. The van der Waals surface area contributed by atoms with Crippen LogP contribution in [0.2, 0.25) is 0 Å². The van der Waals surface area contributed by atoms with Gasteiger partial charge in [0.05, 0.1) is 6.10 Å². The summed E-state index contributed by atoms with van der Waals surface area (Å²) in [6.45, 7) is 0.597. The second kappa shape index (κ2) is 5.51. The molecular formula is C12H16FNO4. The molecule has 0 radical (unpaired) electrons. The Balaban J connectivity index is 2.27. The average molecular weight is 257 g/mol. The van der Waals surface area contributed by atoms with Gasteiger partial charge in [0.1, 0.15) is 19.0 Å². The Hall–Kier alpha value is -1.37. The maximum atomic E-state index is 13.8. The summed E-state index contributed by atoms with van der Waals surface area (Å²) in [6.07, 6.45) is -0.998. The van der Waals surface area contributed by atoms with Gasteiger partial charge < -0.3 is 25.4 Å². The number of fused-ring (bicyclic) bond motifs is 1. The van der Waals surface area contributed by atoms with Gasteiger partial charge in [-0.2, -0.15) is 0 Å². The van der Waals surface area contributed by atoms with Crippen molar-refractivity contribution >= 4 is 0 Å². The Bertz CT molecular complexity index is 427. The van der Waals surface area contributed by atoms with Crippen LogP contribution in [0.1, 0.15) is 18.1 Å². The molecule has 18 heavy (non-hydrogen) atoms. The highest BCUT2D eigenvalue weighted by Gasteiger charge is 2.24. The first-order chi connectivity index (χ1) is 8.63. The van der Waals surface area contributed by atoms with Crippen molar-refractivity contribution in [2.45, 2.75) is 18.6 Å². The fourth-order valence-corrected chi connectivity index (χ4v) is 1.84. The molecule has 1 aliphatic rings. The number of hydrogen-bond donors (Lipinski definition) is 3. The van der Waals surface area contributed by atoms with E-state index in [4.69, 9.17) is 20.3 Å². The minimum absolute atomic E-state index is 0.0557. The van der Waals surface area contributed by atoms with Gasteiger partial charge in [-0.3, -0.25) is 0 Å². The molecule has 100 valence electrons. The fourth-order valence-electron chi connectivity index (χ4n) is 1.84. The lowest BCUT2D eigenvalue weighted by atomic mass is 9.99. The van der Waals surface area contributed by atoms with Crippen molar-refractivity contribution < 1.29 is 24.1 Å². The number of ether oxygens (including phenoxy) is 2. The van der Waals surface area contributed by atoms with Gasteiger partial charge in [-0.1, -0.05) is 0 Å². The van der Waals surface area contributed by atoms with Crippen LogP contribution >= 0.6 is 0 Å². The number of nitrogens with two attached hydrogens (primary N) is 1. The lowest BCUT2D eigenvalue weighted by molar-refractivity contribution is 0.123. The SMILES string of the molecule is NC(CCO)C(O)c1cc2c(cc1F)OCCO2. The second-order valence-electron chi connectivity index (χ2n) is 4.14. The molecule has 0 bridgehead atoms. The maximum Gasteiger partial charge on any atom is 0.164 e. The van der Waals surface area contributed by atoms with Crippen molar-refractivity contribution in [3.63, 3.8) is 0 Å². The van der Waals surface area contributed by atoms with Gasteiger partial charge in [-0.05, 0) is 12.5 Å². The zero-order chi connectivity index (χ0) is 13.1. The smallest absolute Gasteiger partial charge is 0.164 e. The first-order valence-electron chi connectivity index (χ1n) is 5.77. The Labute approximate surface area is 104 Å². The summed E-state index contributed by atoms with van der Waals surface area (Å²) in [5.41, 5.74) is 5.71. The Morgan fingerprint density at radius 2 is 1.89 bits per heavy atom. The molecule has 1 aromatic carbocycles. The number of aliphatic hydroxyl groups excluding tert-OH is 2. The molecule has 2 rings (SSSR count). The van der Waals surface area contributed by atoms with E-state index in [2.05, 4.69) is 0 Å². The lowest BCUT2D eigenvalue weighted by Crippen LogP contribution is -2.30. The summed E-state index contributed by atoms with van der Waals surface area (Å²) in [5, 5.41) is 18.7. The average Bonchev–Trinajstić information content (AvgIpc) is 2.37. The first-order valence-corrected chi connectivity index (χ1v) is 5.77. The van der Waals surface area contributed by atoms with Crippen molar-refractivity contribution in [3.8, 4) is 11.5 Å². The molecule has 1 aromatic rings. The van der Waals surface area contributed by atoms with E-state index in [9.17, 15) is 9.50 Å². The topological polar surface area (TPSA) is 84.9 Å². The molecular weight excluding hydrogens is 241 g/mol. The number of rotatable bonds is 4. The van der Waals surface area contributed by atoms with Gasteiger partial charge in [0.2, 0.25) is 0 Å². The van der Waals surface area contributed by atoms with Gasteiger partial charge in [0, 0.05) is 24.3 Å². The van der Waals surface area contributed by atoms with Crippen LogP contribution in [-0.2, 0) is 0 Å². The van der Waals surface area contributed by atoms with E-state index < -0.39 is 18.0 Å². The van der Waals surface area contributed by atoms with Gasteiger partial charge in [0.25, 0.3) is 0 Å². The van der Waals surface area contributed by atoms with Crippen molar-refractivity contribution in [1.82, 2.24) is 0 Å². The molecule has 6 heteroatoms. The van der Waals surface area contributed by atoms with Crippen molar-refractivity contribution in [2.75, 3.05) is 19.8 Å². The monoisotopic (exact) mass is 257 g/mol. The Kier molecular flexibility index (Phi) is 4.00. The summed E-state index contributed by atoms with van der Waals surface area (Å²) in [5.74, 6) is 0.124. The van der Waals surface area contributed by atoms with Crippen LogP contribution in [0.3, 0.4) is 0 Å². The number of halogens is 1. The quantitative estimate of drug-likeness (QED) is 0.724. The molecule has 1 heterocycles. The van der Waals surface area contributed by atoms with Gasteiger partial charge in [0.15, 0.2) is 11.5 Å². The van der Waals surface area contributed by atoms with Crippen LogP contribution in [0, 0.1) is 5.82 Å². The van der Waals surface area contributed by atoms with Crippen LogP contribution in [0.15, 0.2) is 12.1 Å². The summed E-state index contributed by atoms with van der Waals surface area (Å²) in [7, 11) is 0. The molecule has 0 aliphatic carbocycles. The van der Waals surface area contributed by atoms with Crippen LogP contribution in [-0.4, -0.2) is 36.1 Å². The highest BCUT2D eigenvalue weighted by molar-refractivity contribution is 5.45. The van der Waals surface area contributed by atoms with E-state index in [1.807, 2.05) is 0 Å². The fraction of sp³-hybridized carbons (Fsp3) is 0.500. The van der Waals surface area contributed by atoms with Gasteiger partial charge in [-0.25, -0.2) is 4.39 Å². The third kappa shape index (κ3) is 2.55. The summed E-state index contributed by atoms with van der Waals surface area (Å²) in [6, 6.07) is 1.84. The summed E-state index contributed by atoms with van der Waals surface area (Å²) >= 11 is 0. The van der Waals surface area contributed by atoms with Crippen molar-refractivity contribution in [3.05, 3.63) is 23.5 Å². The molecule has 0 aromatic heterocycles. The van der Waals surface area contributed by atoms with E-state index in [0.29, 0.717) is 24.7 Å². The van der Waals surface area contributed by atoms with E-state index in [-0.39, 0.29) is 18.6 Å². The standard InChI is InChI=1S/C12H16FNO4/c13-8-6-11-10(17-3-4-18-11)5-7(8)12(16)9(14)1-2-15/h5-6,9,12,15-16H,1-4,14H2. The minimum atomic E-state index is -1.19. The predicted octanol–water partition coefficient (Wildman–Crippen LogP) is 0.340. The predicted molar refractivity (Wildman–Crippen MR) is 62.0 cm³/mol. The highest BCUT2D eigenvalue weighted by Crippen LogP contribution is 2.35. The normalized spacial score (nSPS) is 17.3. The Morgan fingerprint density at radius 3 is 2.50 bits per heavy atom. The van der Waals surface area contributed by atoms with E-state index in [1.165, 1.54) is 12.1 Å². The van der Waals surface area contributed by atoms with Crippen LogP contribution in [0.25, 0.3) is 0 Å². The Morgan fingerprint density at radius 1 is 1.28 bits per heavy atom. The van der Waals surface area contributed by atoms with Gasteiger partial charge >= 0.3 is 0 Å². The molecule has 0 spiro atoms. The van der Waals surface area contributed by atoms with E-state index in [0.717, 1.165) is 0 Å². The maximum absolute atomic E-state index is 13.8. The van der Waals surface area contributed by atoms with Crippen LogP contribution in [0.4, 0.5) is 4.39 Å². The van der Waals surface area contributed by atoms with Gasteiger partial charge in [-0.15, -0.1) is 0 Å². The first kappa shape index (κ1) is 13.1. The van der Waals surface area contributed by atoms with Crippen LogP contribution < -0.4 is 15.2 Å². The molecule has 2 atom stereocenters. The minimum Gasteiger partial charge on any atom is -0.486 e. The molecule has 0 saturated heterocycles. The number of hydrogen-bond acceptors (Lipinski definition) is 5. The van der Waals surface area contributed by atoms with E-state index in [1.54, 1.807) is 0 Å². The van der Waals surface area contributed by atoms with E-state index >= 15 is 0 Å². The zero-order valence-corrected chi connectivity index (χ0v) is 9.80. The number of benzene rings is 1. The zero-order valence-electron chi connectivity index (χ0n) is 9.80. The lowest BCUT2D eigenvalue weighted by Gasteiger charge is -2.23. The third-order valence-corrected chi connectivity index (χ3v) is 2.85. The van der Waals surface area contributed by atoms with Crippen molar-refractivity contribution in [1.29, 1.82) is 0 Å². The van der Waals surface area contributed by atoms with Crippen molar-refractivity contribution in [2.24, 2.45) is 5.73 Å². The molecule has 5 nitrogen and oxygen atoms in total. The molecule has 1 aliphatic heterocycles. The third-order valence-electron chi connectivity index (χ3n) is 2.85. The summed E-state index contributed by atoms with van der Waals surface area (Å²) in [4.78, 5) is 0. The number of aliphatic hydroxyl groups is 2. The molecule has 0 saturated carbocycles. The largest absolute Gasteiger partial charge is 0.486 e.